The van der Waals surface area contributed by atoms with Crippen LogP contribution in [0.5, 0.6) is 17.2 Å². The van der Waals surface area contributed by atoms with Crippen molar-refractivity contribution in [2.24, 2.45) is 0 Å². The molecule has 0 saturated carbocycles. The first kappa shape index (κ1) is 34.8. The SMILES string of the molecule is CCCCCCCC[N+](C)(CCCCCCCC)Cc1cc(OC)c2c(c1)C(=O)c1cc(OC)cc(O)c1C2=O.[Br-]. The first-order valence-corrected chi connectivity index (χ1v) is 15.3. The third-order valence-electron chi connectivity index (χ3n) is 8.32. The quantitative estimate of drug-likeness (QED) is 0.160. The molecule has 0 aliphatic heterocycles. The Labute approximate surface area is 257 Å². The molecular weight excluding hydrogens is 582 g/mol. The molecule has 0 amide bonds. The van der Waals surface area contributed by atoms with Crippen molar-refractivity contribution in [2.45, 2.75) is 97.4 Å². The zero-order chi connectivity index (χ0) is 29.1. The van der Waals surface area contributed by atoms with E-state index in [1.54, 1.807) is 0 Å². The number of methoxy groups -OCH3 is 2. The fraction of sp³-hybridized carbons (Fsp3) is 0.588. The second kappa shape index (κ2) is 16.9. The summed E-state index contributed by atoms with van der Waals surface area (Å²) in [6, 6.07) is 6.68. The van der Waals surface area contributed by atoms with Crippen molar-refractivity contribution in [3.8, 4) is 17.2 Å². The number of unbranched alkanes of at least 4 members (excludes halogenated alkanes) is 10. The monoisotopic (exact) mass is 631 g/mol. The molecule has 0 atom stereocenters. The number of benzene rings is 2. The lowest BCUT2D eigenvalue weighted by Gasteiger charge is -2.35. The molecular formula is C34H50BrNO5. The molecule has 0 spiro atoms. The molecule has 6 nitrogen and oxygen atoms in total. The Morgan fingerprint density at radius 2 is 1.22 bits per heavy atom. The van der Waals surface area contributed by atoms with E-state index in [-0.39, 0.29) is 45.2 Å². The lowest BCUT2D eigenvalue weighted by atomic mass is 9.82. The summed E-state index contributed by atoms with van der Waals surface area (Å²) in [7, 11) is 5.33. The smallest absolute Gasteiger partial charge is 0.201 e. The highest BCUT2D eigenvalue weighted by molar-refractivity contribution is 6.30. The van der Waals surface area contributed by atoms with Crippen LogP contribution in [0.25, 0.3) is 0 Å². The van der Waals surface area contributed by atoms with Crippen LogP contribution in [0.1, 0.15) is 128 Å². The molecule has 2 aromatic rings. The Morgan fingerprint density at radius 1 is 0.683 bits per heavy atom. The topological polar surface area (TPSA) is 72.8 Å². The number of aromatic hydroxyl groups is 1. The maximum Gasteiger partial charge on any atom is 0.201 e. The van der Waals surface area contributed by atoms with Gasteiger partial charge in [-0.15, -0.1) is 0 Å². The summed E-state index contributed by atoms with van der Waals surface area (Å²) in [6.07, 6.45) is 15.1. The number of ether oxygens (including phenoxy) is 2. The van der Waals surface area contributed by atoms with Crippen LogP contribution in [0.15, 0.2) is 24.3 Å². The Bertz CT molecular complexity index is 1150. The molecule has 0 bridgehead atoms. The Kier molecular flexibility index (Phi) is 14.4. The Balaban J connectivity index is 0.00000588. The number of carbonyl (C=O) groups excluding carboxylic acids is 2. The molecule has 0 aromatic heterocycles. The number of phenolic OH excluding ortho intramolecular Hbond substituents is 1. The molecule has 0 unspecified atom stereocenters. The number of hydrogen-bond donors (Lipinski definition) is 1. The average molecular weight is 633 g/mol. The zero-order valence-corrected chi connectivity index (χ0v) is 27.4. The molecule has 41 heavy (non-hydrogen) atoms. The molecule has 0 heterocycles. The van der Waals surface area contributed by atoms with E-state index in [4.69, 9.17) is 9.47 Å². The molecule has 2 aromatic carbocycles. The average Bonchev–Trinajstić information content (AvgIpc) is 2.94. The molecule has 0 radical (unpaired) electrons. The number of phenols is 1. The Morgan fingerprint density at radius 3 is 1.76 bits per heavy atom. The lowest BCUT2D eigenvalue weighted by molar-refractivity contribution is -0.923. The van der Waals surface area contributed by atoms with E-state index in [9.17, 15) is 14.7 Å². The molecule has 1 N–H and O–H groups in total. The van der Waals surface area contributed by atoms with Gasteiger partial charge in [0, 0.05) is 22.8 Å². The molecule has 3 rings (SSSR count). The van der Waals surface area contributed by atoms with E-state index in [1.165, 1.54) is 103 Å². The number of halogens is 1. The van der Waals surface area contributed by atoms with Gasteiger partial charge in [0.1, 0.15) is 23.8 Å². The van der Waals surface area contributed by atoms with Crippen molar-refractivity contribution in [1.29, 1.82) is 0 Å². The minimum atomic E-state index is -0.399. The van der Waals surface area contributed by atoms with Crippen LogP contribution in [-0.2, 0) is 6.54 Å². The van der Waals surface area contributed by atoms with Gasteiger partial charge in [-0.25, -0.2) is 0 Å². The fourth-order valence-electron chi connectivity index (χ4n) is 6.00. The van der Waals surface area contributed by atoms with Gasteiger partial charge in [0.25, 0.3) is 0 Å². The number of ketones is 2. The fourth-order valence-corrected chi connectivity index (χ4v) is 6.00. The number of nitrogens with zero attached hydrogens (tertiary/aromatic N) is 1. The number of rotatable bonds is 18. The maximum absolute atomic E-state index is 13.7. The van der Waals surface area contributed by atoms with Crippen molar-refractivity contribution in [1.82, 2.24) is 0 Å². The minimum Gasteiger partial charge on any atom is -1.00 e. The summed E-state index contributed by atoms with van der Waals surface area (Å²) in [6.45, 7) is 7.43. The number of fused-ring (bicyclic) bond motifs is 2. The largest absolute Gasteiger partial charge is 1.00 e. The first-order chi connectivity index (χ1) is 19.3. The van der Waals surface area contributed by atoms with Gasteiger partial charge in [0.05, 0.1) is 45.5 Å². The Hall–Kier alpha value is -2.38. The van der Waals surface area contributed by atoms with Crippen molar-refractivity contribution in [2.75, 3.05) is 34.4 Å². The van der Waals surface area contributed by atoms with Gasteiger partial charge in [-0.2, -0.15) is 0 Å². The van der Waals surface area contributed by atoms with Crippen LogP contribution in [0.3, 0.4) is 0 Å². The number of carbonyl (C=O) groups is 2. The van der Waals surface area contributed by atoms with Crippen LogP contribution in [0.4, 0.5) is 0 Å². The second-order valence-electron chi connectivity index (χ2n) is 11.7. The van der Waals surface area contributed by atoms with E-state index >= 15 is 0 Å². The summed E-state index contributed by atoms with van der Waals surface area (Å²) < 4.78 is 11.8. The number of hydrogen-bond acceptors (Lipinski definition) is 5. The molecule has 0 fully saturated rings. The van der Waals surface area contributed by atoms with Crippen LogP contribution in [0, 0.1) is 0 Å². The van der Waals surface area contributed by atoms with Crippen LogP contribution in [0.2, 0.25) is 0 Å². The maximum atomic E-state index is 13.7. The van der Waals surface area contributed by atoms with E-state index in [0.29, 0.717) is 17.1 Å². The normalized spacial score (nSPS) is 12.5. The number of quaternary nitrogens is 1. The molecule has 1 aliphatic carbocycles. The lowest BCUT2D eigenvalue weighted by Crippen LogP contribution is -3.00. The van der Waals surface area contributed by atoms with Crippen LogP contribution < -0.4 is 26.5 Å². The second-order valence-corrected chi connectivity index (χ2v) is 11.7. The van der Waals surface area contributed by atoms with Crippen molar-refractivity contribution >= 4 is 11.6 Å². The summed E-state index contributed by atoms with van der Waals surface area (Å²) in [4.78, 5) is 27.2. The van der Waals surface area contributed by atoms with Crippen molar-refractivity contribution < 1.29 is 45.6 Å². The summed E-state index contributed by atoms with van der Waals surface area (Å²) in [5.74, 6) is -0.223. The summed E-state index contributed by atoms with van der Waals surface area (Å²) in [5, 5.41) is 10.6. The molecule has 1 aliphatic rings. The predicted octanol–water partition coefficient (Wildman–Crippen LogP) is 4.86. The molecule has 7 heteroatoms. The van der Waals surface area contributed by atoms with Gasteiger partial charge < -0.3 is 36.0 Å². The van der Waals surface area contributed by atoms with Gasteiger partial charge >= 0.3 is 0 Å². The standard InChI is InChI=1S/C34H49NO5.BrH/c1-6-8-10-12-14-16-18-35(3,19-17-15-13-11-9-7-2)24-25-20-27-32(30(21-25)40-5)34(38)31-28(33(27)37)22-26(39-4)23-29(31)36;/h20-23H,6-19,24H2,1-5H3;1H. The van der Waals surface area contributed by atoms with Gasteiger partial charge in [0.2, 0.25) is 5.78 Å². The third-order valence-corrected chi connectivity index (χ3v) is 8.32. The molecule has 0 saturated heterocycles. The van der Waals surface area contributed by atoms with Gasteiger partial charge in [0.15, 0.2) is 5.78 Å². The van der Waals surface area contributed by atoms with E-state index in [1.807, 2.05) is 12.1 Å². The first-order valence-electron chi connectivity index (χ1n) is 15.3. The highest BCUT2D eigenvalue weighted by Crippen LogP contribution is 2.40. The van der Waals surface area contributed by atoms with E-state index in [2.05, 4.69) is 20.9 Å². The van der Waals surface area contributed by atoms with Crippen molar-refractivity contribution in [3.05, 3.63) is 52.1 Å². The highest BCUT2D eigenvalue weighted by Gasteiger charge is 2.36. The van der Waals surface area contributed by atoms with E-state index < -0.39 is 5.78 Å². The predicted molar refractivity (Wildman–Crippen MR) is 161 cm³/mol. The van der Waals surface area contributed by atoms with Crippen LogP contribution >= 0.6 is 0 Å². The summed E-state index contributed by atoms with van der Waals surface area (Å²) >= 11 is 0. The molecule has 228 valence electrons. The zero-order valence-electron chi connectivity index (χ0n) is 25.8. The van der Waals surface area contributed by atoms with Gasteiger partial charge in [-0.05, 0) is 43.9 Å². The van der Waals surface area contributed by atoms with E-state index in [0.717, 1.165) is 29.7 Å². The van der Waals surface area contributed by atoms with Crippen LogP contribution in [-0.4, -0.2) is 55.5 Å². The van der Waals surface area contributed by atoms with Crippen molar-refractivity contribution in [3.63, 3.8) is 0 Å². The van der Waals surface area contributed by atoms with Gasteiger partial charge in [-0.3, -0.25) is 9.59 Å². The summed E-state index contributed by atoms with van der Waals surface area (Å²) in [5.41, 5.74) is 1.74. The van der Waals surface area contributed by atoms with Gasteiger partial charge in [-0.1, -0.05) is 65.2 Å². The third kappa shape index (κ3) is 9.05. The minimum absolute atomic E-state index is 0. The highest BCUT2D eigenvalue weighted by atomic mass is 79.9.